The van der Waals surface area contributed by atoms with E-state index in [4.69, 9.17) is 5.73 Å². The fourth-order valence-electron chi connectivity index (χ4n) is 2.09. The Kier molecular flexibility index (Phi) is 4.11. The SMILES string of the molecule is CC(C)(C)c1ccc(C(CN)n2cc(Br)cn2)cc1. The first-order valence-corrected chi connectivity index (χ1v) is 7.21. The Balaban J connectivity index is 2.30. The molecule has 0 saturated heterocycles. The molecule has 3 nitrogen and oxygen atoms in total. The second-order valence-corrected chi connectivity index (χ2v) is 6.68. The van der Waals surface area contributed by atoms with Crippen molar-refractivity contribution in [3.05, 3.63) is 52.3 Å². The van der Waals surface area contributed by atoms with Gasteiger partial charge in [-0.25, -0.2) is 0 Å². The summed E-state index contributed by atoms with van der Waals surface area (Å²) in [7, 11) is 0. The molecular weight excluding hydrogens is 302 g/mol. The molecule has 1 atom stereocenters. The largest absolute Gasteiger partial charge is 0.328 e. The molecule has 1 aromatic heterocycles. The van der Waals surface area contributed by atoms with Crippen molar-refractivity contribution >= 4 is 15.9 Å². The summed E-state index contributed by atoms with van der Waals surface area (Å²) in [4.78, 5) is 0. The highest BCUT2D eigenvalue weighted by atomic mass is 79.9. The van der Waals surface area contributed by atoms with Crippen molar-refractivity contribution in [3.8, 4) is 0 Å². The van der Waals surface area contributed by atoms with Crippen molar-refractivity contribution in [1.29, 1.82) is 0 Å². The number of nitrogens with two attached hydrogens (primary N) is 1. The Morgan fingerprint density at radius 2 is 1.89 bits per heavy atom. The summed E-state index contributed by atoms with van der Waals surface area (Å²) in [6, 6.07) is 8.73. The summed E-state index contributed by atoms with van der Waals surface area (Å²) < 4.78 is 2.87. The van der Waals surface area contributed by atoms with Gasteiger partial charge in [-0.15, -0.1) is 0 Å². The van der Waals surface area contributed by atoms with Crippen molar-refractivity contribution in [2.75, 3.05) is 6.54 Å². The van der Waals surface area contributed by atoms with Crippen molar-refractivity contribution < 1.29 is 0 Å². The molecule has 0 aliphatic rings. The van der Waals surface area contributed by atoms with Crippen LogP contribution in [0.3, 0.4) is 0 Å². The number of halogens is 1. The highest BCUT2D eigenvalue weighted by Gasteiger charge is 2.16. The molecule has 2 aromatic rings. The summed E-state index contributed by atoms with van der Waals surface area (Å²) in [6.07, 6.45) is 3.74. The Labute approximate surface area is 122 Å². The molecule has 0 spiro atoms. The van der Waals surface area contributed by atoms with Crippen LogP contribution in [-0.2, 0) is 5.41 Å². The Morgan fingerprint density at radius 1 is 1.26 bits per heavy atom. The fraction of sp³-hybridized carbons (Fsp3) is 0.400. The monoisotopic (exact) mass is 321 g/mol. The summed E-state index contributed by atoms with van der Waals surface area (Å²) in [5.41, 5.74) is 8.58. The van der Waals surface area contributed by atoms with E-state index in [0.29, 0.717) is 6.54 Å². The summed E-state index contributed by atoms with van der Waals surface area (Å²) in [6.45, 7) is 7.18. The van der Waals surface area contributed by atoms with E-state index in [2.05, 4.69) is 66.1 Å². The van der Waals surface area contributed by atoms with Crippen LogP contribution < -0.4 is 5.73 Å². The van der Waals surface area contributed by atoms with Gasteiger partial charge in [0.05, 0.1) is 16.7 Å². The van der Waals surface area contributed by atoms with E-state index in [0.717, 1.165) is 4.47 Å². The van der Waals surface area contributed by atoms with Gasteiger partial charge in [-0.3, -0.25) is 4.68 Å². The van der Waals surface area contributed by atoms with E-state index in [-0.39, 0.29) is 11.5 Å². The van der Waals surface area contributed by atoms with Crippen LogP contribution in [0.25, 0.3) is 0 Å². The molecule has 1 aromatic carbocycles. The highest BCUT2D eigenvalue weighted by molar-refractivity contribution is 9.10. The van der Waals surface area contributed by atoms with E-state index in [9.17, 15) is 0 Å². The minimum Gasteiger partial charge on any atom is -0.328 e. The molecule has 0 aliphatic heterocycles. The standard InChI is InChI=1S/C15H20BrN3/c1-15(2,3)12-6-4-11(5-7-12)14(8-17)19-10-13(16)9-18-19/h4-7,9-10,14H,8,17H2,1-3H3. The topological polar surface area (TPSA) is 43.8 Å². The van der Waals surface area contributed by atoms with Gasteiger partial charge in [0.25, 0.3) is 0 Å². The predicted octanol–water partition coefficient (Wildman–Crippen LogP) is 3.49. The number of nitrogens with zero attached hydrogens (tertiary/aromatic N) is 2. The average molecular weight is 322 g/mol. The van der Waals surface area contributed by atoms with Crippen LogP contribution in [0.15, 0.2) is 41.1 Å². The van der Waals surface area contributed by atoms with Gasteiger partial charge < -0.3 is 5.73 Å². The van der Waals surface area contributed by atoms with Crippen LogP contribution >= 0.6 is 15.9 Å². The van der Waals surface area contributed by atoms with Crippen LogP contribution in [-0.4, -0.2) is 16.3 Å². The van der Waals surface area contributed by atoms with Gasteiger partial charge in [-0.2, -0.15) is 5.10 Å². The minimum atomic E-state index is 0.0836. The maximum Gasteiger partial charge on any atom is 0.0891 e. The van der Waals surface area contributed by atoms with Gasteiger partial charge >= 0.3 is 0 Å². The maximum absolute atomic E-state index is 5.89. The number of aromatic nitrogens is 2. The van der Waals surface area contributed by atoms with Crippen molar-refractivity contribution in [2.45, 2.75) is 32.2 Å². The van der Waals surface area contributed by atoms with E-state index >= 15 is 0 Å². The smallest absolute Gasteiger partial charge is 0.0891 e. The normalized spacial score (nSPS) is 13.5. The lowest BCUT2D eigenvalue weighted by Crippen LogP contribution is -2.21. The third-order valence-corrected chi connectivity index (χ3v) is 3.68. The first kappa shape index (κ1) is 14.3. The number of benzene rings is 1. The van der Waals surface area contributed by atoms with Gasteiger partial charge in [0.1, 0.15) is 0 Å². The lowest BCUT2D eigenvalue weighted by Gasteiger charge is -2.21. The summed E-state index contributed by atoms with van der Waals surface area (Å²) >= 11 is 3.42. The quantitative estimate of drug-likeness (QED) is 0.940. The second-order valence-electron chi connectivity index (χ2n) is 5.76. The third-order valence-electron chi connectivity index (χ3n) is 3.27. The Bertz CT molecular complexity index is 537. The Hall–Kier alpha value is -1.13. The van der Waals surface area contributed by atoms with Crippen LogP contribution in [0, 0.1) is 0 Å². The fourth-order valence-corrected chi connectivity index (χ4v) is 2.39. The molecule has 2 rings (SSSR count). The van der Waals surface area contributed by atoms with Crippen LogP contribution in [0.1, 0.15) is 37.9 Å². The highest BCUT2D eigenvalue weighted by Crippen LogP contribution is 2.25. The minimum absolute atomic E-state index is 0.0836. The zero-order valence-corrected chi connectivity index (χ0v) is 13.2. The summed E-state index contributed by atoms with van der Waals surface area (Å²) in [5.74, 6) is 0. The van der Waals surface area contributed by atoms with Crippen LogP contribution in [0.5, 0.6) is 0 Å². The van der Waals surface area contributed by atoms with E-state index in [1.54, 1.807) is 6.20 Å². The van der Waals surface area contributed by atoms with Crippen molar-refractivity contribution in [3.63, 3.8) is 0 Å². The number of hydrogen-bond acceptors (Lipinski definition) is 2. The molecule has 19 heavy (non-hydrogen) atoms. The van der Waals surface area contributed by atoms with Gasteiger partial charge in [-0.05, 0) is 32.5 Å². The van der Waals surface area contributed by atoms with Gasteiger partial charge in [0.15, 0.2) is 0 Å². The molecule has 0 bridgehead atoms. The zero-order chi connectivity index (χ0) is 14.0. The molecule has 4 heteroatoms. The molecule has 0 fully saturated rings. The predicted molar refractivity (Wildman–Crippen MR) is 82.3 cm³/mol. The van der Waals surface area contributed by atoms with Gasteiger partial charge in [0.2, 0.25) is 0 Å². The zero-order valence-electron chi connectivity index (χ0n) is 11.6. The van der Waals surface area contributed by atoms with Crippen LogP contribution in [0.2, 0.25) is 0 Å². The molecule has 0 amide bonds. The molecular formula is C15H20BrN3. The summed E-state index contributed by atoms with van der Waals surface area (Å²) in [5, 5.41) is 4.32. The first-order chi connectivity index (χ1) is 8.91. The van der Waals surface area contributed by atoms with Crippen molar-refractivity contribution in [1.82, 2.24) is 9.78 Å². The van der Waals surface area contributed by atoms with Gasteiger partial charge in [-0.1, -0.05) is 45.0 Å². The lowest BCUT2D eigenvalue weighted by atomic mass is 9.86. The molecule has 0 radical (unpaired) electrons. The molecule has 1 heterocycles. The van der Waals surface area contributed by atoms with E-state index in [1.165, 1.54) is 11.1 Å². The molecule has 2 N–H and O–H groups in total. The second kappa shape index (κ2) is 5.47. The van der Waals surface area contributed by atoms with Gasteiger partial charge in [0, 0.05) is 12.7 Å². The van der Waals surface area contributed by atoms with Crippen molar-refractivity contribution in [2.24, 2.45) is 5.73 Å². The van der Waals surface area contributed by atoms with Crippen LogP contribution in [0.4, 0.5) is 0 Å². The van der Waals surface area contributed by atoms with E-state index < -0.39 is 0 Å². The average Bonchev–Trinajstić information content (AvgIpc) is 2.76. The molecule has 1 unspecified atom stereocenters. The third kappa shape index (κ3) is 3.25. The molecule has 0 aliphatic carbocycles. The maximum atomic E-state index is 5.89. The first-order valence-electron chi connectivity index (χ1n) is 6.42. The number of rotatable bonds is 3. The Morgan fingerprint density at radius 3 is 2.32 bits per heavy atom. The lowest BCUT2D eigenvalue weighted by molar-refractivity contribution is 0.530. The molecule has 102 valence electrons. The van der Waals surface area contributed by atoms with E-state index in [1.807, 2.05) is 10.9 Å². The molecule has 0 saturated carbocycles. The number of hydrogen-bond donors (Lipinski definition) is 1.